The van der Waals surface area contributed by atoms with Gasteiger partial charge in [-0.05, 0) is 31.0 Å². The van der Waals surface area contributed by atoms with Gasteiger partial charge in [-0.25, -0.2) is 9.59 Å². The number of nitrogens with one attached hydrogen (secondary N) is 1. The summed E-state index contributed by atoms with van der Waals surface area (Å²) >= 11 is 0. The lowest BCUT2D eigenvalue weighted by Gasteiger charge is -2.38. The lowest BCUT2D eigenvalue weighted by molar-refractivity contribution is -0.139. The van der Waals surface area contributed by atoms with E-state index in [4.69, 9.17) is 9.47 Å². The monoisotopic (exact) mass is 538 g/mol. The van der Waals surface area contributed by atoms with Gasteiger partial charge in [0.2, 0.25) is 5.91 Å². The molecule has 1 saturated heterocycles. The van der Waals surface area contributed by atoms with Gasteiger partial charge in [0, 0.05) is 52.1 Å². The number of carbonyl (C=O) groups is 3. The molecule has 1 fully saturated rings. The lowest BCUT2D eigenvalue weighted by Crippen LogP contribution is -2.51. The molecule has 0 aromatic heterocycles. The Morgan fingerprint density at radius 2 is 1.87 bits per heavy atom. The maximum absolute atomic E-state index is 13.2. The van der Waals surface area contributed by atoms with Gasteiger partial charge in [0.25, 0.3) is 0 Å². The molecular weight excluding hydrogens is 505 g/mol. The molecule has 0 radical (unpaired) electrons. The van der Waals surface area contributed by atoms with E-state index in [9.17, 15) is 27.6 Å². The van der Waals surface area contributed by atoms with Crippen molar-refractivity contribution in [3.8, 4) is 0 Å². The third-order valence-electron chi connectivity index (χ3n) is 6.40. The normalized spacial score (nSPS) is 19.2. The number of halogens is 3. The van der Waals surface area contributed by atoms with Gasteiger partial charge >= 0.3 is 18.2 Å². The smallest absolute Gasteiger partial charge is 0.416 e. The Hall–Kier alpha value is -3.38. The molecule has 12 heteroatoms. The summed E-state index contributed by atoms with van der Waals surface area (Å²) in [4.78, 5) is 43.8. The Morgan fingerprint density at radius 1 is 1.16 bits per heavy atom. The number of methoxy groups -OCH3 is 1. The van der Waals surface area contributed by atoms with Gasteiger partial charge in [-0.1, -0.05) is 18.2 Å². The Balaban J connectivity index is 2.00. The average molecular weight is 539 g/mol. The second kappa shape index (κ2) is 12.9. The molecule has 38 heavy (non-hydrogen) atoms. The fourth-order valence-electron chi connectivity index (χ4n) is 4.56. The van der Waals surface area contributed by atoms with E-state index in [2.05, 4.69) is 11.9 Å². The predicted molar refractivity (Wildman–Crippen MR) is 133 cm³/mol. The SMILES string of the molecule is C=CCN1C(=O)N[C@H](c2ccc(C(F)(F)F)cc2)C(C(=O)OCC)=C1CN1CCCN(C(=O)COC)CC1. The summed E-state index contributed by atoms with van der Waals surface area (Å²) in [5.74, 6) is -0.790. The number of nitrogens with zero attached hydrogens (tertiary/aromatic N) is 3. The molecule has 0 aliphatic carbocycles. The number of hydrogen-bond donors (Lipinski definition) is 1. The number of alkyl halides is 3. The maximum atomic E-state index is 13.2. The van der Waals surface area contributed by atoms with Crippen LogP contribution in [0.25, 0.3) is 0 Å². The molecule has 3 amide bonds. The van der Waals surface area contributed by atoms with Crippen LogP contribution in [0.5, 0.6) is 0 Å². The van der Waals surface area contributed by atoms with E-state index in [0.29, 0.717) is 43.9 Å². The van der Waals surface area contributed by atoms with Crippen LogP contribution in [0, 0.1) is 0 Å². The topological polar surface area (TPSA) is 91.4 Å². The van der Waals surface area contributed by atoms with Gasteiger partial charge in [-0.15, -0.1) is 6.58 Å². The number of ether oxygens (including phenoxy) is 2. The maximum Gasteiger partial charge on any atom is 0.416 e. The summed E-state index contributed by atoms with van der Waals surface area (Å²) in [7, 11) is 1.46. The molecular formula is C26H33F3N4O5. The van der Waals surface area contributed by atoms with Crippen molar-refractivity contribution in [2.75, 3.05) is 59.6 Å². The van der Waals surface area contributed by atoms with E-state index in [-0.39, 0.29) is 37.8 Å². The van der Waals surface area contributed by atoms with Crippen molar-refractivity contribution in [2.45, 2.75) is 25.6 Å². The molecule has 0 bridgehead atoms. The quantitative estimate of drug-likeness (QED) is 0.384. The molecule has 0 spiro atoms. The van der Waals surface area contributed by atoms with Gasteiger partial charge in [0.05, 0.1) is 23.8 Å². The number of hydrogen-bond acceptors (Lipinski definition) is 6. The first-order valence-electron chi connectivity index (χ1n) is 12.4. The molecule has 2 aliphatic rings. The van der Waals surface area contributed by atoms with Crippen molar-refractivity contribution in [1.82, 2.24) is 20.0 Å². The standard InChI is InChI=1S/C26H33F3N4O5/c1-4-11-33-20(16-31-12-6-13-32(15-14-31)21(34)17-37-3)22(24(35)38-5-2)23(30-25(33)36)18-7-9-19(10-8-18)26(27,28)29/h4,7-10,23H,1,5-6,11-17H2,2-3H3,(H,30,36)/t23-/m1/s1. The number of esters is 1. The van der Waals surface area contributed by atoms with Crippen LogP contribution < -0.4 is 5.32 Å². The largest absolute Gasteiger partial charge is 0.463 e. The highest BCUT2D eigenvalue weighted by molar-refractivity contribution is 5.95. The van der Waals surface area contributed by atoms with Gasteiger partial charge < -0.3 is 19.7 Å². The van der Waals surface area contributed by atoms with Crippen LogP contribution in [-0.2, 0) is 25.2 Å². The highest BCUT2D eigenvalue weighted by Crippen LogP contribution is 2.35. The van der Waals surface area contributed by atoms with Crippen molar-refractivity contribution in [2.24, 2.45) is 0 Å². The van der Waals surface area contributed by atoms with Crippen LogP contribution in [-0.4, -0.2) is 92.2 Å². The number of urea groups is 1. The first-order valence-corrected chi connectivity index (χ1v) is 12.4. The van der Waals surface area contributed by atoms with Crippen LogP contribution >= 0.6 is 0 Å². The van der Waals surface area contributed by atoms with E-state index >= 15 is 0 Å². The summed E-state index contributed by atoms with van der Waals surface area (Å²) in [5, 5.41) is 2.74. The summed E-state index contributed by atoms with van der Waals surface area (Å²) in [5.41, 5.74) is 0.00588. The van der Waals surface area contributed by atoms with Crippen molar-refractivity contribution < 1.29 is 37.0 Å². The minimum Gasteiger partial charge on any atom is -0.463 e. The second-order valence-corrected chi connectivity index (χ2v) is 8.93. The third kappa shape index (κ3) is 6.93. The van der Waals surface area contributed by atoms with Gasteiger partial charge in [0.1, 0.15) is 6.61 Å². The fourth-order valence-corrected chi connectivity index (χ4v) is 4.56. The van der Waals surface area contributed by atoms with Crippen LogP contribution in [0.15, 0.2) is 48.2 Å². The number of benzene rings is 1. The molecule has 2 heterocycles. The van der Waals surface area contributed by atoms with E-state index in [1.165, 1.54) is 30.2 Å². The minimum atomic E-state index is -4.52. The van der Waals surface area contributed by atoms with Crippen molar-refractivity contribution >= 4 is 17.9 Å². The second-order valence-electron chi connectivity index (χ2n) is 8.93. The zero-order valence-electron chi connectivity index (χ0n) is 21.6. The highest BCUT2D eigenvalue weighted by Gasteiger charge is 2.39. The van der Waals surface area contributed by atoms with E-state index in [1.54, 1.807) is 11.8 Å². The average Bonchev–Trinajstić information content (AvgIpc) is 3.11. The molecule has 1 atom stereocenters. The fraction of sp³-hybridized carbons (Fsp3) is 0.500. The number of amides is 3. The Morgan fingerprint density at radius 3 is 2.47 bits per heavy atom. The van der Waals surface area contributed by atoms with E-state index in [0.717, 1.165) is 12.1 Å². The number of carbonyl (C=O) groups excluding carboxylic acids is 3. The minimum absolute atomic E-state index is 0.0136. The van der Waals surface area contributed by atoms with Gasteiger partial charge in [0.15, 0.2) is 0 Å². The molecule has 0 saturated carbocycles. The van der Waals surface area contributed by atoms with Crippen LogP contribution in [0.3, 0.4) is 0 Å². The zero-order valence-corrected chi connectivity index (χ0v) is 21.6. The molecule has 1 aromatic carbocycles. The number of rotatable bonds is 9. The molecule has 3 rings (SSSR count). The van der Waals surface area contributed by atoms with Crippen LogP contribution in [0.2, 0.25) is 0 Å². The first-order chi connectivity index (χ1) is 18.1. The Bertz CT molecular complexity index is 1060. The lowest BCUT2D eigenvalue weighted by atomic mass is 9.93. The summed E-state index contributed by atoms with van der Waals surface area (Å²) in [6, 6.07) is 2.81. The van der Waals surface area contributed by atoms with Crippen molar-refractivity contribution in [3.63, 3.8) is 0 Å². The summed E-state index contributed by atoms with van der Waals surface area (Å²) < 4.78 is 49.7. The molecule has 0 unspecified atom stereocenters. The summed E-state index contributed by atoms with van der Waals surface area (Å²) in [6.45, 7) is 7.81. The molecule has 2 aliphatic heterocycles. The van der Waals surface area contributed by atoms with E-state index < -0.39 is 29.8 Å². The van der Waals surface area contributed by atoms with E-state index in [1.807, 2.05) is 4.90 Å². The van der Waals surface area contributed by atoms with Crippen LogP contribution in [0.1, 0.15) is 30.5 Å². The summed E-state index contributed by atoms with van der Waals surface area (Å²) in [6.07, 6.45) is -2.33. The molecule has 1 aromatic rings. The van der Waals surface area contributed by atoms with Crippen molar-refractivity contribution in [3.05, 3.63) is 59.3 Å². The van der Waals surface area contributed by atoms with Crippen molar-refractivity contribution in [1.29, 1.82) is 0 Å². The molecule has 208 valence electrons. The van der Waals surface area contributed by atoms with Gasteiger partial charge in [-0.2, -0.15) is 13.2 Å². The zero-order chi connectivity index (χ0) is 27.9. The van der Waals surface area contributed by atoms with Gasteiger partial charge in [-0.3, -0.25) is 14.6 Å². The van der Waals surface area contributed by atoms with Crippen LogP contribution in [0.4, 0.5) is 18.0 Å². The molecule has 1 N–H and O–H groups in total. The molecule has 9 nitrogen and oxygen atoms in total. The first kappa shape index (κ1) is 29.2. The highest BCUT2D eigenvalue weighted by atomic mass is 19.4. The third-order valence-corrected chi connectivity index (χ3v) is 6.40. The Kier molecular flexibility index (Phi) is 9.92. The predicted octanol–water partition coefficient (Wildman–Crippen LogP) is 2.96. The Labute approximate surface area is 219 Å².